The first kappa shape index (κ1) is 22.5. The van der Waals surface area contributed by atoms with Crippen LogP contribution in [0.2, 0.25) is 0 Å². The number of hydrazone groups is 1. The third-order valence-electron chi connectivity index (χ3n) is 3.74. The second-order valence-corrected chi connectivity index (χ2v) is 5.89. The Morgan fingerprint density at radius 3 is 2.30 bits per heavy atom. The first-order chi connectivity index (χ1) is 14.5. The van der Waals surface area contributed by atoms with E-state index < -0.39 is 11.8 Å². The minimum Gasteiger partial charge on any atom is -0.493 e. The molecule has 2 rings (SSSR count). The average molecular weight is 415 g/mol. The fourth-order valence-electron chi connectivity index (χ4n) is 2.45. The van der Waals surface area contributed by atoms with Crippen LogP contribution in [0.1, 0.15) is 29.8 Å². The maximum Gasteiger partial charge on any atom is 0.271 e. The first-order valence-electron chi connectivity index (χ1n) is 9.30. The zero-order valence-electron chi connectivity index (χ0n) is 17.1. The predicted octanol–water partition coefficient (Wildman–Crippen LogP) is 2.12. The smallest absolute Gasteiger partial charge is 0.271 e. The third-order valence-corrected chi connectivity index (χ3v) is 3.74. The van der Waals surface area contributed by atoms with Crippen LogP contribution in [0.15, 0.2) is 41.5 Å². The summed E-state index contributed by atoms with van der Waals surface area (Å²) in [6.45, 7) is 4.33. The van der Waals surface area contributed by atoms with Gasteiger partial charge in [-0.1, -0.05) is 0 Å². The molecule has 9 heteroatoms. The summed E-state index contributed by atoms with van der Waals surface area (Å²) in [6.07, 6.45) is 1.46. The van der Waals surface area contributed by atoms with Crippen molar-refractivity contribution in [2.24, 2.45) is 10.8 Å². The van der Waals surface area contributed by atoms with Gasteiger partial charge in [0, 0.05) is 5.56 Å². The van der Waals surface area contributed by atoms with Crippen molar-refractivity contribution >= 4 is 18.0 Å². The maximum absolute atomic E-state index is 12.3. The molecule has 0 saturated heterocycles. The molecule has 0 saturated carbocycles. The zero-order chi connectivity index (χ0) is 21.9. The Morgan fingerprint density at radius 1 is 0.967 bits per heavy atom. The third kappa shape index (κ3) is 6.40. The highest BCUT2D eigenvalue weighted by molar-refractivity contribution is 5.95. The van der Waals surface area contributed by atoms with E-state index in [1.54, 1.807) is 36.4 Å². The van der Waals surface area contributed by atoms with Crippen LogP contribution >= 0.6 is 0 Å². The van der Waals surface area contributed by atoms with Gasteiger partial charge in [0.1, 0.15) is 0 Å². The molecule has 0 heterocycles. The summed E-state index contributed by atoms with van der Waals surface area (Å²) in [5, 5.41) is 3.97. The van der Waals surface area contributed by atoms with E-state index in [4.69, 9.17) is 24.7 Å². The lowest BCUT2D eigenvalue weighted by molar-refractivity contribution is -0.119. The lowest BCUT2D eigenvalue weighted by Crippen LogP contribution is -2.20. The first-order valence-corrected chi connectivity index (χ1v) is 9.30. The Balaban J connectivity index is 2.07. The molecule has 160 valence electrons. The number of amides is 2. The number of hydrogen-bond donors (Lipinski definition) is 2. The molecular weight excluding hydrogens is 390 g/mol. The van der Waals surface area contributed by atoms with Crippen LogP contribution < -0.4 is 30.1 Å². The minimum absolute atomic E-state index is 0.255. The van der Waals surface area contributed by atoms with Crippen LogP contribution in [0.25, 0.3) is 0 Å². The summed E-state index contributed by atoms with van der Waals surface area (Å²) in [6, 6.07) is 9.88. The molecule has 0 fully saturated rings. The van der Waals surface area contributed by atoms with Gasteiger partial charge in [-0.3, -0.25) is 9.59 Å². The second-order valence-electron chi connectivity index (χ2n) is 5.89. The van der Waals surface area contributed by atoms with E-state index in [1.807, 2.05) is 13.8 Å². The summed E-state index contributed by atoms with van der Waals surface area (Å²) in [5.74, 6) is 0.850. The van der Waals surface area contributed by atoms with E-state index >= 15 is 0 Å². The zero-order valence-corrected chi connectivity index (χ0v) is 17.1. The van der Waals surface area contributed by atoms with Crippen LogP contribution in [-0.4, -0.2) is 45.0 Å². The number of nitrogens with zero attached hydrogens (tertiary/aromatic N) is 1. The number of primary amides is 1. The molecule has 2 aromatic rings. The molecule has 0 atom stereocenters. The molecule has 0 radical (unpaired) electrons. The van der Waals surface area contributed by atoms with Crippen molar-refractivity contribution in [3.8, 4) is 23.0 Å². The quantitative estimate of drug-likeness (QED) is 0.428. The van der Waals surface area contributed by atoms with Crippen LogP contribution in [0, 0.1) is 0 Å². The van der Waals surface area contributed by atoms with Gasteiger partial charge in [-0.05, 0) is 55.8 Å². The monoisotopic (exact) mass is 415 g/mol. The van der Waals surface area contributed by atoms with Gasteiger partial charge in [0.2, 0.25) is 0 Å². The highest BCUT2D eigenvalue weighted by atomic mass is 16.5. The fraction of sp³-hybridized carbons (Fsp3) is 0.286. The summed E-state index contributed by atoms with van der Waals surface area (Å²) in [5.41, 5.74) is 8.59. The lowest BCUT2D eigenvalue weighted by Gasteiger charge is -2.11. The van der Waals surface area contributed by atoms with Crippen molar-refractivity contribution in [2.75, 3.05) is 26.9 Å². The summed E-state index contributed by atoms with van der Waals surface area (Å²) < 4.78 is 21.5. The number of carbonyl (C=O) groups excluding carboxylic acids is 2. The SMILES string of the molecule is CCOc1ccc(C(=O)N/N=C/c2ccc(OCC(N)=O)c(OCC)c2)cc1OC. The van der Waals surface area contributed by atoms with Crippen molar-refractivity contribution in [3.63, 3.8) is 0 Å². The van der Waals surface area contributed by atoms with E-state index in [-0.39, 0.29) is 6.61 Å². The van der Waals surface area contributed by atoms with Gasteiger partial charge in [0.15, 0.2) is 29.6 Å². The molecule has 0 aliphatic heterocycles. The topological polar surface area (TPSA) is 121 Å². The Kier molecular flexibility index (Phi) is 8.49. The molecule has 9 nitrogen and oxygen atoms in total. The van der Waals surface area contributed by atoms with Crippen molar-refractivity contribution in [2.45, 2.75) is 13.8 Å². The molecule has 0 spiro atoms. The number of hydrogen-bond acceptors (Lipinski definition) is 7. The van der Waals surface area contributed by atoms with Gasteiger partial charge in [-0.15, -0.1) is 0 Å². The Hall–Kier alpha value is -3.75. The molecule has 0 aromatic heterocycles. The summed E-state index contributed by atoms with van der Waals surface area (Å²) >= 11 is 0. The minimum atomic E-state index is -0.586. The number of carbonyl (C=O) groups is 2. The predicted molar refractivity (Wildman–Crippen MR) is 112 cm³/mol. The maximum atomic E-state index is 12.3. The van der Waals surface area contributed by atoms with Crippen LogP contribution in [0.3, 0.4) is 0 Å². The Labute approximate surface area is 174 Å². The van der Waals surface area contributed by atoms with Gasteiger partial charge in [-0.2, -0.15) is 5.10 Å². The van der Waals surface area contributed by atoms with Crippen molar-refractivity contribution in [1.29, 1.82) is 0 Å². The number of rotatable bonds is 11. The number of methoxy groups -OCH3 is 1. The van der Waals surface area contributed by atoms with E-state index in [9.17, 15) is 9.59 Å². The van der Waals surface area contributed by atoms with Crippen LogP contribution in [0.5, 0.6) is 23.0 Å². The molecule has 3 N–H and O–H groups in total. The highest BCUT2D eigenvalue weighted by Crippen LogP contribution is 2.29. The Morgan fingerprint density at radius 2 is 1.63 bits per heavy atom. The normalized spacial score (nSPS) is 10.5. The average Bonchev–Trinajstić information content (AvgIpc) is 2.73. The second kappa shape index (κ2) is 11.3. The fourth-order valence-corrected chi connectivity index (χ4v) is 2.45. The van der Waals surface area contributed by atoms with Gasteiger partial charge in [-0.25, -0.2) is 5.43 Å². The van der Waals surface area contributed by atoms with E-state index in [2.05, 4.69) is 10.5 Å². The molecule has 30 heavy (non-hydrogen) atoms. The van der Waals surface area contributed by atoms with E-state index in [0.29, 0.717) is 47.3 Å². The van der Waals surface area contributed by atoms with Gasteiger partial charge in [0.25, 0.3) is 11.8 Å². The van der Waals surface area contributed by atoms with Gasteiger partial charge < -0.3 is 24.7 Å². The van der Waals surface area contributed by atoms with Crippen LogP contribution in [-0.2, 0) is 4.79 Å². The van der Waals surface area contributed by atoms with Crippen molar-refractivity contribution < 1.29 is 28.5 Å². The molecule has 0 bridgehead atoms. The number of ether oxygens (including phenoxy) is 4. The lowest BCUT2D eigenvalue weighted by atomic mass is 10.2. The largest absolute Gasteiger partial charge is 0.493 e. The molecule has 0 aliphatic carbocycles. The number of nitrogens with one attached hydrogen (secondary N) is 1. The molecule has 0 unspecified atom stereocenters. The number of nitrogens with two attached hydrogens (primary N) is 1. The molecule has 2 aromatic carbocycles. The standard InChI is InChI=1S/C21H25N3O6/c1-4-28-16-9-7-15(11-18(16)27-3)21(26)24-23-12-14-6-8-17(30-13-20(22)25)19(10-14)29-5-2/h6-12H,4-5,13H2,1-3H3,(H2,22,25)(H,24,26)/b23-12+. The summed E-state index contributed by atoms with van der Waals surface area (Å²) in [7, 11) is 1.50. The van der Waals surface area contributed by atoms with Crippen LogP contribution in [0.4, 0.5) is 0 Å². The molecular formula is C21H25N3O6. The van der Waals surface area contributed by atoms with Gasteiger partial charge in [0.05, 0.1) is 26.5 Å². The molecule has 2 amide bonds. The highest BCUT2D eigenvalue weighted by Gasteiger charge is 2.11. The van der Waals surface area contributed by atoms with Crippen molar-refractivity contribution in [3.05, 3.63) is 47.5 Å². The number of benzene rings is 2. The Bertz CT molecular complexity index is 914. The van der Waals surface area contributed by atoms with E-state index in [1.165, 1.54) is 13.3 Å². The molecule has 0 aliphatic rings. The van der Waals surface area contributed by atoms with E-state index in [0.717, 1.165) is 0 Å². The van der Waals surface area contributed by atoms with Crippen molar-refractivity contribution in [1.82, 2.24) is 5.43 Å². The summed E-state index contributed by atoms with van der Waals surface area (Å²) in [4.78, 5) is 23.2. The van der Waals surface area contributed by atoms with Gasteiger partial charge >= 0.3 is 0 Å².